The van der Waals surface area contributed by atoms with Gasteiger partial charge in [-0.05, 0) is 24.9 Å². The molecule has 0 saturated carbocycles. The van der Waals surface area contributed by atoms with E-state index in [1.165, 1.54) is 5.56 Å². The van der Waals surface area contributed by atoms with Gasteiger partial charge in [0.15, 0.2) is 0 Å². The molecule has 0 aromatic carbocycles. The molecular formula is C13H25N3O2. The van der Waals surface area contributed by atoms with Crippen molar-refractivity contribution in [3.63, 3.8) is 0 Å². The van der Waals surface area contributed by atoms with Gasteiger partial charge in [-0.2, -0.15) is 5.10 Å². The maximum absolute atomic E-state index is 5.51. The van der Waals surface area contributed by atoms with Gasteiger partial charge in [-0.15, -0.1) is 0 Å². The van der Waals surface area contributed by atoms with Crippen LogP contribution in [0.1, 0.15) is 18.9 Å². The summed E-state index contributed by atoms with van der Waals surface area (Å²) in [6.45, 7) is 5.20. The van der Waals surface area contributed by atoms with Crippen LogP contribution in [0.3, 0.4) is 0 Å². The first kappa shape index (κ1) is 15.1. The SMILES string of the molecule is CCNC(CCOCCOC)Cc1cnn(C)c1. The number of methoxy groups -OCH3 is 1. The van der Waals surface area contributed by atoms with Crippen LogP contribution in [0.5, 0.6) is 0 Å². The lowest BCUT2D eigenvalue weighted by Gasteiger charge is -2.17. The highest BCUT2D eigenvalue weighted by Crippen LogP contribution is 2.05. The van der Waals surface area contributed by atoms with E-state index in [1.807, 2.05) is 17.9 Å². The quantitative estimate of drug-likeness (QED) is 0.634. The van der Waals surface area contributed by atoms with Crippen LogP contribution >= 0.6 is 0 Å². The Morgan fingerprint density at radius 2 is 2.22 bits per heavy atom. The predicted molar refractivity (Wildman–Crippen MR) is 71.7 cm³/mol. The summed E-state index contributed by atoms with van der Waals surface area (Å²) in [6, 6.07) is 0.446. The number of hydrogen-bond acceptors (Lipinski definition) is 4. The Hall–Kier alpha value is -0.910. The van der Waals surface area contributed by atoms with Crippen LogP contribution < -0.4 is 5.32 Å². The van der Waals surface area contributed by atoms with Crippen LogP contribution in [0.25, 0.3) is 0 Å². The number of ether oxygens (including phenoxy) is 2. The third kappa shape index (κ3) is 6.14. The minimum atomic E-state index is 0.446. The molecule has 0 aliphatic heterocycles. The Labute approximate surface area is 109 Å². The molecule has 0 saturated heterocycles. The van der Waals surface area contributed by atoms with Crippen molar-refractivity contribution in [2.75, 3.05) is 33.5 Å². The smallest absolute Gasteiger partial charge is 0.0700 e. The Morgan fingerprint density at radius 3 is 2.83 bits per heavy atom. The van der Waals surface area contributed by atoms with Gasteiger partial charge in [0, 0.05) is 33.0 Å². The van der Waals surface area contributed by atoms with Gasteiger partial charge in [-0.25, -0.2) is 0 Å². The minimum absolute atomic E-state index is 0.446. The van der Waals surface area contributed by atoms with Crippen molar-refractivity contribution in [3.05, 3.63) is 18.0 Å². The highest BCUT2D eigenvalue weighted by molar-refractivity contribution is 5.05. The van der Waals surface area contributed by atoms with Crippen molar-refractivity contribution in [1.82, 2.24) is 15.1 Å². The van der Waals surface area contributed by atoms with E-state index < -0.39 is 0 Å². The zero-order valence-corrected chi connectivity index (χ0v) is 11.7. The second-order valence-corrected chi connectivity index (χ2v) is 4.37. The number of hydrogen-bond donors (Lipinski definition) is 1. The molecule has 0 aliphatic carbocycles. The van der Waals surface area contributed by atoms with E-state index in [4.69, 9.17) is 9.47 Å². The predicted octanol–water partition coefficient (Wildman–Crippen LogP) is 0.994. The van der Waals surface area contributed by atoms with Gasteiger partial charge in [0.2, 0.25) is 0 Å². The van der Waals surface area contributed by atoms with E-state index in [2.05, 4.69) is 23.5 Å². The van der Waals surface area contributed by atoms with E-state index in [1.54, 1.807) is 7.11 Å². The van der Waals surface area contributed by atoms with Gasteiger partial charge >= 0.3 is 0 Å². The number of likely N-dealkylation sites (N-methyl/N-ethyl adjacent to an activating group) is 1. The largest absolute Gasteiger partial charge is 0.382 e. The Bertz CT molecular complexity index is 315. The van der Waals surface area contributed by atoms with E-state index >= 15 is 0 Å². The average Bonchev–Trinajstić information content (AvgIpc) is 2.75. The molecule has 18 heavy (non-hydrogen) atoms. The molecule has 0 aliphatic rings. The van der Waals surface area contributed by atoms with Crippen LogP contribution in [-0.4, -0.2) is 49.3 Å². The first-order valence-electron chi connectivity index (χ1n) is 6.53. The minimum Gasteiger partial charge on any atom is -0.382 e. The standard InChI is InChI=1S/C13H25N3O2/c1-4-14-13(5-6-18-8-7-17-3)9-12-10-15-16(2)11-12/h10-11,13-14H,4-9H2,1-3H3. The summed E-state index contributed by atoms with van der Waals surface area (Å²) in [4.78, 5) is 0. The lowest BCUT2D eigenvalue weighted by Crippen LogP contribution is -2.32. The number of rotatable bonds is 10. The van der Waals surface area contributed by atoms with E-state index in [0.717, 1.165) is 26.0 Å². The van der Waals surface area contributed by atoms with Crippen molar-refractivity contribution < 1.29 is 9.47 Å². The van der Waals surface area contributed by atoms with Crippen LogP contribution in [0.15, 0.2) is 12.4 Å². The van der Waals surface area contributed by atoms with Crippen molar-refractivity contribution >= 4 is 0 Å². The molecule has 0 radical (unpaired) electrons. The van der Waals surface area contributed by atoms with Gasteiger partial charge < -0.3 is 14.8 Å². The molecule has 1 atom stereocenters. The second kappa shape index (κ2) is 9.08. The third-order valence-corrected chi connectivity index (χ3v) is 2.78. The Kier molecular flexibility index (Phi) is 7.64. The lowest BCUT2D eigenvalue weighted by atomic mass is 10.1. The molecule has 0 spiro atoms. The zero-order valence-electron chi connectivity index (χ0n) is 11.7. The van der Waals surface area contributed by atoms with Gasteiger partial charge in [-0.1, -0.05) is 6.92 Å². The maximum Gasteiger partial charge on any atom is 0.0700 e. The number of aryl methyl sites for hydroxylation is 1. The Balaban J connectivity index is 2.26. The van der Waals surface area contributed by atoms with Crippen molar-refractivity contribution in [1.29, 1.82) is 0 Å². The first-order chi connectivity index (χ1) is 8.76. The summed E-state index contributed by atoms with van der Waals surface area (Å²) < 4.78 is 12.3. The molecule has 5 heteroatoms. The molecule has 1 rings (SSSR count). The summed E-state index contributed by atoms with van der Waals surface area (Å²) in [6.07, 6.45) is 5.99. The van der Waals surface area contributed by atoms with E-state index in [-0.39, 0.29) is 0 Å². The highest BCUT2D eigenvalue weighted by atomic mass is 16.5. The molecule has 5 nitrogen and oxygen atoms in total. The molecule has 1 aromatic rings. The van der Waals surface area contributed by atoms with Crippen LogP contribution in [0, 0.1) is 0 Å². The first-order valence-corrected chi connectivity index (χ1v) is 6.53. The van der Waals surface area contributed by atoms with E-state index in [9.17, 15) is 0 Å². The zero-order chi connectivity index (χ0) is 13.2. The number of nitrogens with zero attached hydrogens (tertiary/aromatic N) is 2. The fourth-order valence-electron chi connectivity index (χ4n) is 1.90. The second-order valence-electron chi connectivity index (χ2n) is 4.37. The molecule has 1 unspecified atom stereocenters. The van der Waals surface area contributed by atoms with Crippen molar-refractivity contribution in [3.8, 4) is 0 Å². The molecular weight excluding hydrogens is 230 g/mol. The summed E-state index contributed by atoms with van der Waals surface area (Å²) in [5.74, 6) is 0. The molecule has 104 valence electrons. The van der Waals surface area contributed by atoms with Crippen molar-refractivity contribution in [2.45, 2.75) is 25.8 Å². The summed E-state index contributed by atoms with van der Waals surface area (Å²) in [7, 11) is 3.63. The summed E-state index contributed by atoms with van der Waals surface area (Å²) >= 11 is 0. The maximum atomic E-state index is 5.51. The van der Waals surface area contributed by atoms with E-state index in [0.29, 0.717) is 19.3 Å². The molecule has 0 bridgehead atoms. The topological polar surface area (TPSA) is 48.3 Å². The van der Waals surface area contributed by atoms with Crippen molar-refractivity contribution in [2.24, 2.45) is 7.05 Å². The lowest BCUT2D eigenvalue weighted by molar-refractivity contribution is 0.0659. The molecule has 0 fully saturated rings. The van der Waals surface area contributed by atoms with Gasteiger partial charge in [0.1, 0.15) is 0 Å². The highest BCUT2D eigenvalue weighted by Gasteiger charge is 2.09. The normalized spacial score (nSPS) is 12.8. The number of nitrogens with one attached hydrogen (secondary N) is 1. The monoisotopic (exact) mass is 255 g/mol. The molecule has 0 amide bonds. The van der Waals surface area contributed by atoms with Gasteiger partial charge in [-0.3, -0.25) is 4.68 Å². The Morgan fingerprint density at radius 1 is 1.39 bits per heavy atom. The van der Waals surface area contributed by atoms with Gasteiger partial charge in [0.05, 0.1) is 19.4 Å². The fourth-order valence-corrected chi connectivity index (χ4v) is 1.90. The molecule has 1 aromatic heterocycles. The van der Waals surface area contributed by atoms with Crippen LogP contribution in [0.4, 0.5) is 0 Å². The number of aromatic nitrogens is 2. The van der Waals surface area contributed by atoms with Crippen LogP contribution in [0.2, 0.25) is 0 Å². The fraction of sp³-hybridized carbons (Fsp3) is 0.769. The summed E-state index contributed by atoms with van der Waals surface area (Å²) in [5, 5.41) is 7.67. The van der Waals surface area contributed by atoms with Crippen LogP contribution in [-0.2, 0) is 22.9 Å². The third-order valence-electron chi connectivity index (χ3n) is 2.78. The molecule has 1 N–H and O–H groups in total. The van der Waals surface area contributed by atoms with Gasteiger partial charge in [0.25, 0.3) is 0 Å². The molecule has 1 heterocycles. The summed E-state index contributed by atoms with van der Waals surface area (Å²) in [5.41, 5.74) is 1.26. The average molecular weight is 255 g/mol.